The molecule has 1 aromatic heterocycles. The van der Waals surface area contributed by atoms with E-state index < -0.39 is 4.25 Å². The number of rotatable bonds is 14. The summed E-state index contributed by atoms with van der Waals surface area (Å²) in [5, 5.41) is 10.6. The Morgan fingerprint density at radius 1 is 0.444 bits per heavy atom. The molecule has 0 saturated heterocycles. The Balaban J connectivity index is 1.14. The number of fused-ring (bicyclic) bond motifs is 2. The monoisotopic (exact) mass is 963 g/mol. The Hall–Kier alpha value is -5.78. The molecule has 0 radical (unpaired) electrons. The van der Waals surface area contributed by atoms with Crippen LogP contribution < -0.4 is 20.5 Å². The number of thioether (sulfide) groups is 1. The van der Waals surface area contributed by atoms with E-state index in [1.807, 2.05) is 11.8 Å². The van der Waals surface area contributed by atoms with Gasteiger partial charge in [0.2, 0.25) is 0 Å². The fourth-order valence-electron chi connectivity index (χ4n) is 9.43. The number of halogens is 1. The van der Waals surface area contributed by atoms with Crippen molar-refractivity contribution in [1.82, 2.24) is 4.57 Å². The molecule has 0 aliphatic heterocycles. The molecule has 9 aromatic carbocycles. The third-order valence-electron chi connectivity index (χ3n) is 12.5. The van der Waals surface area contributed by atoms with E-state index >= 15 is 0 Å². The van der Waals surface area contributed by atoms with Gasteiger partial charge in [-0.3, -0.25) is 0 Å². The molecule has 308 valence electrons. The van der Waals surface area contributed by atoms with Gasteiger partial charge in [-0.1, -0.05) is 12.1 Å². The summed E-state index contributed by atoms with van der Waals surface area (Å²) in [4.78, 5) is 0. The Morgan fingerprint density at radius 3 is 1.40 bits per heavy atom. The number of hydrogen-bond donors (Lipinski definition) is 0. The minimum absolute atomic E-state index is 0.742. The second kappa shape index (κ2) is 18.1. The molecule has 0 spiro atoms. The van der Waals surface area contributed by atoms with Gasteiger partial charge in [-0.05, 0) is 0 Å². The normalized spacial score (nSPS) is 12.3. The molecule has 63 heavy (non-hydrogen) atoms. The topological polar surface area (TPSA) is 8.81 Å². The van der Waals surface area contributed by atoms with Crippen LogP contribution in [0.15, 0.2) is 242 Å². The second-order valence-corrected chi connectivity index (χ2v) is 28.2. The van der Waals surface area contributed by atoms with Crippen LogP contribution in [0, 0.1) is 0 Å². The Morgan fingerprint density at radius 2 is 0.873 bits per heavy atom. The van der Waals surface area contributed by atoms with Crippen LogP contribution in [-0.4, -0.2) is 16.5 Å². The fourth-order valence-corrected chi connectivity index (χ4v) is 19.5. The SMILES string of the molecule is IP(CCCSc1n(Cc2ccc3ccccc3c2)c(-c2ccccc2)c(-c2ccccc2)[n+]1Cc1ccc2ccccc2c1)(c1ccccc1)(c1ccccc1)c1ccccc1. The second-order valence-electron chi connectivity index (χ2n) is 16.4. The van der Waals surface area contributed by atoms with Gasteiger partial charge in [-0.15, -0.1) is 0 Å². The van der Waals surface area contributed by atoms with Crippen molar-refractivity contribution in [3.05, 3.63) is 248 Å². The summed E-state index contributed by atoms with van der Waals surface area (Å²) in [7, 11) is 0. The van der Waals surface area contributed by atoms with Gasteiger partial charge >= 0.3 is 379 Å². The van der Waals surface area contributed by atoms with Crippen molar-refractivity contribution in [1.29, 1.82) is 0 Å². The van der Waals surface area contributed by atoms with Gasteiger partial charge < -0.3 is 0 Å². The first-order valence-corrected chi connectivity index (χ1v) is 28.0. The van der Waals surface area contributed by atoms with Gasteiger partial charge in [0.25, 0.3) is 0 Å². The number of nitrogens with zero attached hydrogens (tertiary/aromatic N) is 2. The zero-order chi connectivity index (χ0) is 42.5. The van der Waals surface area contributed by atoms with Crippen molar-refractivity contribution in [3.8, 4) is 22.5 Å². The zero-order valence-corrected chi connectivity index (χ0v) is 39.0. The zero-order valence-electron chi connectivity index (χ0n) is 35.2. The van der Waals surface area contributed by atoms with Gasteiger partial charge in [-0.2, -0.15) is 0 Å². The summed E-state index contributed by atoms with van der Waals surface area (Å²) >= 11 is 4.96. The fraction of sp³-hybridized carbons (Fsp3) is 0.0862. The number of hydrogen-bond acceptors (Lipinski definition) is 1. The van der Waals surface area contributed by atoms with E-state index in [0.717, 1.165) is 31.4 Å². The summed E-state index contributed by atoms with van der Waals surface area (Å²) in [5.41, 5.74) is 7.48. The van der Waals surface area contributed by atoms with Crippen LogP contribution in [-0.2, 0) is 13.1 Å². The average molecular weight is 964 g/mol. The van der Waals surface area contributed by atoms with Gasteiger partial charge in [0.1, 0.15) is 0 Å². The van der Waals surface area contributed by atoms with Gasteiger partial charge in [0.15, 0.2) is 0 Å². The minimum atomic E-state index is -2.96. The van der Waals surface area contributed by atoms with Crippen LogP contribution in [0.25, 0.3) is 44.1 Å². The van der Waals surface area contributed by atoms with E-state index in [2.05, 4.69) is 268 Å². The summed E-state index contributed by atoms with van der Waals surface area (Å²) in [6.07, 6.45) is 2.08. The Labute approximate surface area is 388 Å². The molecule has 0 atom stereocenters. The molecule has 0 aliphatic carbocycles. The molecule has 1 heterocycles. The standard InChI is InChI=1S/C58H49IN2PS/c59-62(53-29-10-3-11-30-53,54-31-12-4-13-32-54,55-33-14-5-15-34-55)39-20-40-63-58-60(43-45-35-37-47-21-16-18-27-51(47)41-45)56(49-23-6-1-7-24-49)57(50-25-8-2-9-26-50)61(58)44-46-36-38-48-22-17-19-28-52(48)42-46/h1-19,21-38,41-42H,20,39-40,43-44H2/q+1. The van der Waals surface area contributed by atoms with Crippen molar-refractivity contribution in [2.75, 3.05) is 11.9 Å². The molecule has 0 unspecified atom stereocenters. The van der Waals surface area contributed by atoms with Crippen LogP contribution in [0.3, 0.4) is 0 Å². The van der Waals surface area contributed by atoms with E-state index in [9.17, 15) is 0 Å². The third-order valence-corrected chi connectivity index (χ3v) is 25.4. The predicted octanol–water partition coefficient (Wildman–Crippen LogP) is 13.9. The van der Waals surface area contributed by atoms with Crippen molar-refractivity contribution in [3.63, 3.8) is 0 Å². The molecule has 0 fully saturated rings. The summed E-state index contributed by atoms with van der Waals surface area (Å²) in [6, 6.07) is 87.6. The molecule has 10 aromatic rings. The van der Waals surface area contributed by atoms with Gasteiger partial charge in [-0.25, -0.2) is 0 Å². The number of aromatic nitrogens is 2. The molecular weight excluding hydrogens is 915 g/mol. The van der Waals surface area contributed by atoms with E-state index in [4.69, 9.17) is 0 Å². The van der Waals surface area contributed by atoms with Crippen LogP contribution in [0.2, 0.25) is 0 Å². The van der Waals surface area contributed by atoms with Crippen LogP contribution in [0.5, 0.6) is 0 Å². The molecular formula is C58H49IN2PS+. The quantitative estimate of drug-likeness (QED) is 0.0347. The first-order chi connectivity index (χ1) is 31.1. The van der Waals surface area contributed by atoms with Crippen LogP contribution in [0.1, 0.15) is 17.5 Å². The molecule has 0 N–H and O–H groups in total. The maximum absolute atomic E-state index is 2.96. The molecule has 5 heteroatoms. The van der Waals surface area contributed by atoms with E-state index in [1.54, 1.807) is 0 Å². The average Bonchev–Trinajstić information content (AvgIpc) is 3.65. The van der Waals surface area contributed by atoms with Crippen molar-refractivity contribution in [2.24, 2.45) is 0 Å². The first-order valence-electron chi connectivity index (χ1n) is 21.8. The Kier molecular flexibility index (Phi) is 11.9. The summed E-state index contributed by atoms with van der Waals surface area (Å²) in [5.74, 6) is 0.954. The van der Waals surface area contributed by atoms with E-state index in [1.165, 1.54) is 76.3 Å². The third kappa shape index (κ3) is 8.06. The number of imidazole rings is 1. The molecule has 0 amide bonds. The first kappa shape index (κ1) is 41.2. The Bertz CT molecular complexity index is 2900. The van der Waals surface area contributed by atoms with Crippen molar-refractivity contribution < 1.29 is 4.57 Å². The van der Waals surface area contributed by atoms with Gasteiger partial charge in [0.05, 0.1) is 0 Å². The van der Waals surface area contributed by atoms with Crippen molar-refractivity contribution in [2.45, 2.75) is 24.7 Å². The van der Waals surface area contributed by atoms with Crippen molar-refractivity contribution >= 4 is 75.5 Å². The van der Waals surface area contributed by atoms with Crippen LogP contribution in [0.4, 0.5) is 0 Å². The van der Waals surface area contributed by atoms with E-state index in [0.29, 0.717) is 0 Å². The maximum atomic E-state index is 2.95. The molecule has 0 bridgehead atoms. The molecule has 0 aliphatic rings. The molecule has 0 saturated carbocycles. The number of benzene rings is 9. The van der Waals surface area contributed by atoms with Crippen LogP contribution >= 0.6 is 38.0 Å². The molecule has 10 rings (SSSR count). The predicted molar refractivity (Wildman–Crippen MR) is 281 cm³/mol. The molecule has 2 nitrogen and oxygen atoms in total. The summed E-state index contributed by atoms with van der Waals surface area (Å²) < 4.78 is 2.30. The van der Waals surface area contributed by atoms with E-state index in [-0.39, 0.29) is 0 Å². The van der Waals surface area contributed by atoms with Gasteiger partial charge in [0, 0.05) is 0 Å². The summed E-state index contributed by atoms with van der Waals surface area (Å²) in [6.45, 7) is 1.48.